The summed E-state index contributed by atoms with van der Waals surface area (Å²) in [5.74, 6) is 0. The number of rotatable bonds is 10. The van der Waals surface area contributed by atoms with Gasteiger partial charge in [-0.1, -0.05) is 103 Å². The average Bonchev–Trinajstić information content (AvgIpc) is 3.93. The van der Waals surface area contributed by atoms with Crippen LogP contribution < -0.4 is 9.80 Å². The molecule has 2 aromatic heterocycles. The molecule has 59 heavy (non-hydrogen) atoms. The zero-order valence-corrected chi connectivity index (χ0v) is 37.9. The van der Waals surface area contributed by atoms with Gasteiger partial charge in [-0.05, 0) is 61.2 Å². The van der Waals surface area contributed by atoms with E-state index in [1.807, 2.05) is 0 Å². The Morgan fingerprint density at radius 1 is 0.576 bits per heavy atom. The minimum absolute atomic E-state index is 0.168. The monoisotopic (exact) mass is 908 g/mol. The highest BCUT2D eigenvalue weighted by atomic mass is 35.5. The summed E-state index contributed by atoms with van der Waals surface area (Å²) in [7, 11) is -7.18. The lowest BCUT2D eigenvalue weighted by Crippen LogP contribution is -2.48. The molecule has 0 unspecified atom stereocenters. The first-order chi connectivity index (χ1) is 28.4. The number of piperazine rings is 2. The first kappa shape index (κ1) is 43.2. The van der Waals surface area contributed by atoms with Crippen molar-refractivity contribution in [2.75, 3.05) is 62.2 Å². The quantitative estimate of drug-likeness (QED) is 0.134. The van der Waals surface area contributed by atoms with Crippen molar-refractivity contribution in [3.63, 3.8) is 0 Å². The van der Waals surface area contributed by atoms with Crippen molar-refractivity contribution in [1.29, 1.82) is 0 Å². The van der Waals surface area contributed by atoms with Crippen molar-refractivity contribution < 1.29 is 16.8 Å². The zero-order chi connectivity index (χ0) is 41.7. The lowest BCUT2D eigenvalue weighted by molar-refractivity contribution is 0.384. The first-order valence-electron chi connectivity index (χ1n) is 19.4. The summed E-state index contributed by atoms with van der Waals surface area (Å²) in [4.78, 5) is 14.3. The average molecular weight is 910 g/mol. The number of aromatic nitrogens is 2. The molecule has 0 spiro atoms. The number of hydrogen-bond donors (Lipinski definition) is 0. The lowest BCUT2D eigenvalue weighted by atomic mass is 10.0. The smallest absolute Gasteiger partial charge is 0.244 e. The van der Waals surface area contributed by atoms with Gasteiger partial charge in [0.15, 0.2) is 10.3 Å². The summed E-state index contributed by atoms with van der Waals surface area (Å²) in [6, 6.07) is 28.0. The Balaban J connectivity index is 0.000000179. The minimum atomic E-state index is -3.59. The van der Waals surface area contributed by atoms with E-state index in [1.165, 1.54) is 30.9 Å². The molecule has 0 radical (unpaired) electrons. The molecular formula is C43H46Cl2N6O4S4. The van der Waals surface area contributed by atoms with Crippen LogP contribution in [-0.4, -0.2) is 87.8 Å². The molecule has 16 heteroatoms. The lowest BCUT2D eigenvalue weighted by Gasteiger charge is -2.33. The van der Waals surface area contributed by atoms with E-state index in [2.05, 4.69) is 83.8 Å². The van der Waals surface area contributed by atoms with Gasteiger partial charge in [0.25, 0.3) is 0 Å². The van der Waals surface area contributed by atoms with Crippen LogP contribution in [0.2, 0.25) is 10.0 Å². The zero-order valence-electron chi connectivity index (χ0n) is 33.1. The van der Waals surface area contributed by atoms with Gasteiger partial charge >= 0.3 is 0 Å². The molecule has 0 amide bonds. The summed E-state index contributed by atoms with van der Waals surface area (Å²) < 4.78 is 54.7. The van der Waals surface area contributed by atoms with Gasteiger partial charge in [0, 0.05) is 74.2 Å². The molecule has 0 aliphatic carbocycles. The Morgan fingerprint density at radius 3 is 1.47 bits per heavy atom. The van der Waals surface area contributed by atoms with Crippen LogP contribution in [0.5, 0.6) is 0 Å². The molecule has 4 aromatic carbocycles. The van der Waals surface area contributed by atoms with Gasteiger partial charge in [0.05, 0.1) is 21.4 Å². The summed E-state index contributed by atoms with van der Waals surface area (Å²) in [5.41, 5.74) is 7.98. The second-order valence-electron chi connectivity index (χ2n) is 14.4. The molecule has 0 N–H and O–H groups in total. The van der Waals surface area contributed by atoms with E-state index in [0.29, 0.717) is 52.4 Å². The van der Waals surface area contributed by atoms with E-state index < -0.39 is 20.0 Å². The van der Waals surface area contributed by atoms with Crippen LogP contribution in [0, 0.1) is 13.8 Å². The Bertz CT molecular complexity index is 2580. The van der Waals surface area contributed by atoms with Gasteiger partial charge < -0.3 is 9.80 Å². The third kappa shape index (κ3) is 9.71. The number of halogens is 2. The fourth-order valence-corrected chi connectivity index (χ4v) is 12.8. The van der Waals surface area contributed by atoms with Gasteiger partial charge in [0.1, 0.15) is 9.79 Å². The maximum absolute atomic E-state index is 12.9. The number of aryl methyl sites for hydroxylation is 3. The van der Waals surface area contributed by atoms with Crippen molar-refractivity contribution in [2.24, 2.45) is 0 Å². The fraction of sp³-hybridized carbons (Fsp3) is 0.302. The van der Waals surface area contributed by atoms with Crippen molar-refractivity contribution in [3.05, 3.63) is 128 Å². The summed E-state index contributed by atoms with van der Waals surface area (Å²) in [6.45, 7) is 10.4. The second-order valence-corrected chi connectivity index (χ2v) is 20.7. The van der Waals surface area contributed by atoms with E-state index in [-0.39, 0.29) is 19.8 Å². The van der Waals surface area contributed by atoms with Crippen LogP contribution in [0.3, 0.4) is 0 Å². The van der Waals surface area contributed by atoms with E-state index in [9.17, 15) is 16.8 Å². The first-order valence-corrected chi connectivity index (χ1v) is 24.8. The van der Waals surface area contributed by atoms with Gasteiger partial charge in [-0.15, -0.1) is 22.7 Å². The van der Waals surface area contributed by atoms with E-state index >= 15 is 0 Å². The second kappa shape index (κ2) is 18.8. The molecule has 2 aliphatic heterocycles. The number of nitrogens with zero attached hydrogens (tertiary/aromatic N) is 6. The van der Waals surface area contributed by atoms with Gasteiger partial charge in [-0.3, -0.25) is 0 Å². The molecule has 8 rings (SSSR count). The number of benzene rings is 4. The van der Waals surface area contributed by atoms with E-state index in [1.54, 1.807) is 71.2 Å². The molecule has 0 saturated carbocycles. The number of sulfonamides is 2. The number of anilines is 2. The molecule has 310 valence electrons. The largest absolute Gasteiger partial charge is 0.345 e. The fourth-order valence-electron chi connectivity index (χ4n) is 7.24. The number of thiazole rings is 2. The van der Waals surface area contributed by atoms with Crippen molar-refractivity contribution >= 4 is 76.2 Å². The standard InChI is InChI=1S/C22H24ClN3O2S2.C21H22ClN3O2S2/c1-2-5-17-8-10-18(11-9-17)20-16-29-22(24-20)25-12-14-26(15-13-25)30(27,28)21-7-4-3-6-19(21)23;1-15-6-5-7-16(2)20(15)18-14-28-21(23-18)24-10-12-25(13-11-24)29(26,27)19-9-4-3-8-17(19)22/h3-4,6-11,16H,2,5,12-15H2,1H3;3-9,14H,10-13H2,1-2H3. The van der Waals surface area contributed by atoms with Gasteiger partial charge in [-0.2, -0.15) is 8.61 Å². The third-order valence-electron chi connectivity index (χ3n) is 10.4. The maximum atomic E-state index is 12.9. The van der Waals surface area contributed by atoms with Gasteiger partial charge in [0.2, 0.25) is 20.0 Å². The molecule has 2 fully saturated rings. The highest BCUT2D eigenvalue weighted by molar-refractivity contribution is 7.89. The molecule has 2 saturated heterocycles. The molecule has 0 atom stereocenters. The van der Waals surface area contributed by atoms with Crippen molar-refractivity contribution in [1.82, 2.24) is 18.6 Å². The molecule has 10 nitrogen and oxygen atoms in total. The van der Waals surface area contributed by atoms with Crippen molar-refractivity contribution in [3.8, 4) is 22.5 Å². The minimum Gasteiger partial charge on any atom is -0.345 e. The Kier molecular flexibility index (Phi) is 13.8. The van der Waals surface area contributed by atoms with E-state index in [0.717, 1.165) is 40.1 Å². The topological polar surface area (TPSA) is 107 Å². The normalized spacial score (nSPS) is 15.5. The third-order valence-corrected chi connectivity index (χ3v) is 17.0. The summed E-state index contributed by atoms with van der Waals surface area (Å²) >= 11 is 15.4. The molecular weight excluding hydrogens is 864 g/mol. The van der Waals surface area contributed by atoms with Crippen LogP contribution >= 0.6 is 45.9 Å². The van der Waals surface area contributed by atoms with Crippen LogP contribution in [0.4, 0.5) is 10.3 Å². The predicted molar refractivity (Wildman–Crippen MR) is 243 cm³/mol. The molecule has 2 aliphatic rings. The van der Waals surface area contributed by atoms with Crippen molar-refractivity contribution in [2.45, 2.75) is 43.4 Å². The molecule has 6 aromatic rings. The predicted octanol–water partition coefficient (Wildman–Crippen LogP) is 9.52. The summed E-state index contributed by atoms with van der Waals surface area (Å²) in [5, 5.41) is 6.52. The highest BCUT2D eigenvalue weighted by Crippen LogP contribution is 2.34. The van der Waals surface area contributed by atoms with Gasteiger partial charge in [-0.25, -0.2) is 26.8 Å². The highest BCUT2D eigenvalue weighted by Gasteiger charge is 2.32. The Hall–Kier alpha value is -3.86. The summed E-state index contributed by atoms with van der Waals surface area (Å²) in [6.07, 6.45) is 2.22. The van der Waals surface area contributed by atoms with Crippen LogP contribution in [0.15, 0.2) is 112 Å². The Labute approximate surface area is 365 Å². The Morgan fingerprint density at radius 2 is 1.02 bits per heavy atom. The maximum Gasteiger partial charge on any atom is 0.244 e. The van der Waals surface area contributed by atoms with Crippen LogP contribution in [0.1, 0.15) is 30.0 Å². The molecule has 0 bridgehead atoms. The molecule has 4 heterocycles. The van der Waals surface area contributed by atoms with E-state index in [4.69, 9.17) is 33.2 Å². The van der Waals surface area contributed by atoms with Crippen LogP contribution in [-0.2, 0) is 26.5 Å². The van der Waals surface area contributed by atoms with Crippen LogP contribution in [0.25, 0.3) is 22.5 Å². The number of hydrogen-bond acceptors (Lipinski definition) is 10. The SMILES string of the molecule is CCCc1ccc(-c2csc(N3CCN(S(=O)(=O)c4ccccc4Cl)CC3)n2)cc1.Cc1cccc(C)c1-c1csc(N2CCN(S(=O)(=O)c3ccccc3Cl)CC2)n1.